The van der Waals surface area contributed by atoms with Crippen molar-refractivity contribution in [1.82, 2.24) is 19.5 Å². The Morgan fingerprint density at radius 1 is 1.30 bits per heavy atom. The van der Waals surface area contributed by atoms with Gasteiger partial charge in [-0.25, -0.2) is 17.9 Å². The number of hydrogen-bond acceptors (Lipinski definition) is 7. The average Bonchev–Trinajstić information content (AvgIpc) is 3.30. The maximum atomic E-state index is 12.5. The highest BCUT2D eigenvalue weighted by Crippen LogP contribution is 2.22. The van der Waals surface area contributed by atoms with Crippen molar-refractivity contribution in [1.29, 1.82) is 0 Å². The summed E-state index contributed by atoms with van der Waals surface area (Å²) < 4.78 is 33.8. The smallest absolute Gasteiger partial charge is 0.349 e. The summed E-state index contributed by atoms with van der Waals surface area (Å²) in [7, 11) is -2.61. The van der Waals surface area contributed by atoms with Crippen molar-refractivity contribution < 1.29 is 17.9 Å². The molecule has 27 heavy (non-hydrogen) atoms. The first-order valence-corrected chi connectivity index (χ1v) is 10.4. The number of carbonyl (C=O) groups is 1. The standard InChI is InChI=1S/C17H18N4O4S2/c1-12-11-14(13-3-6-18-7-4-13)20-21(12)9-8-19-27(23,24)15-5-10-26-16(15)17(22)25-2/h3-7,10-11,19H,8-9H2,1-2H3. The number of ether oxygens (including phenoxy) is 1. The number of carbonyl (C=O) groups excluding carboxylic acids is 1. The summed E-state index contributed by atoms with van der Waals surface area (Å²) in [6.07, 6.45) is 3.38. The van der Waals surface area contributed by atoms with Crippen LogP contribution >= 0.6 is 11.3 Å². The highest BCUT2D eigenvalue weighted by Gasteiger charge is 2.24. The Morgan fingerprint density at radius 3 is 2.74 bits per heavy atom. The third-order valence-electron chi connectivity index (χ3n) is 3.86. The molecule has 1 N–H and O–H groups in total. The summed E-state index contributed by atoms with van der Waals surface area (Å²) in [6, 6.07) is 7.04. The van der Waals surface area contributed by atoms with Crippen molar-refractivity contribution >= 4 is 27.3 Å². The van der Waals surface area contributed by atoms with E-state index in [4.69, 9.17) is 0 Å². The van der Waals surface area contributed by atoms with Crippen molar-refractivity contribution in [3.05, 3.63) is 52.6 Å². The molecule has 10 heteroatoms. The monoisotopic (exact) mass is 406 g/mol. The minimum Gasteiger partial charge on any atom is -0.465 e. The Labute approximate surface area is 160 Å². The van der Waals surface area contributed by atoms with Gasteiger partial charge in [-0.15, -0.1) is 11.3 Å². The fourth-order valence-corrected chi connectivity index (χ4v) is 4.87. The van der Waals surface area contributed by atoms with E-state index in [2.05, 4.69) is 19.5 Å². The van der Waals surface area contributed by atoms with Crippen LogP contribution in [0.25, 0.3) is 11.3 Å². The number of nitrogens with one attached hydrogen (secondary N) is 1. The van der Waals surface area contributed by atoms with Gasteiger partial charge in [0.15, 0.2) is 0 Å². The quantitative estimate of drug-likeness (QED) is 0.603. The molecule has 0 aliphatic heterocycles. The molecule has 0 radical (unpaired) electrons. The Balaban J connectivity index is 1.69. The topological polar surface area (TPSA) is 103 Å². The molecule has 3 rings (SSSR count). The lowest BCUT2D eigenvalue weighted by Crippen LogP contribution is -2.28. The van der Waals surface area contributed by atoms with Crippen LogP contribution in [-0.2, 0) is 21.3 Å². The molecule has 0 spiro atoms. The van der Waals surface area contributed by atoms with Crippen LogP contribution in [-0.4, -0.2) is 42.8 Å². The van der Waals surface area contributed by atoms with Gasteiger partial charge in [0.1, 0.15) is 9.77 Å². The lowest BCUT2D eigenvalue weighted by molar-refractivity contribution is 0.0602. The minimum atomic E-state index is -3.82. The third kappa shape index (κ3) is 4.24. The van der Waals surface area contributed by atoms with Crippen LogP contribution in [0.15, 0.2) is 46.9 Å². The molecule has 3 aromatic rings. The van der Waals surface area contributed by atoms with Crippen LogP contribution in [0.3, 0.4) is 0 Å². The number of esters is 1. The second-order valence-corrected chi connectivity index (χ2v) is 8.28. The average molecular weight is 406 g/mol. The molecule has 0 atom stereocenters. The normalized spacial score (nSPS) is 11.5. The van der Waals surface area contributed by atoms with Gasteiger partial charge in [-0.2, -0.15) is 5.10 Å². The van der Waals surface area contributed by atoms with Crippen LogP contribution in [0.5, 0.6) is 0 Å². The summed E-state index contributed by atoms with van der Waals surface area (Å²) in [5.74, 6) is -0.671. The van der Waals surface area contributed by atoms with Gasteiger partial charge in [0.05, 0.1) is 19.3 Å². The van der Waals surface area contributed by atoms with Crippen LogP contribution < -0.4 is 4.72 Å². The molecule has 0 saturated carbocycles. The largest absolute Gasteiger partial charge is 0.465 e. The minimum absolute atomic E-state index is 0.0558. The number of methoxy groups -OCH3 is 1. The first-order valence-electron chi connectivity index (χ1n) is 8.02. The van der Waals surface area contributed by atoms with Crippen molar-refractivity contribution in [3.8, 4) is 11.3 Å². The summed E-state index contributed by atoms with van der Waals surface area (Å²) in [6.45, 7) is 2.39. The lowest BCUT2D eigenvalue weighted by Gasteiger charge is -2.08. The molecule has 0 amide bonds. The zero-order valence-electron chi connectivity index (χ0n) is 14.7. The second kappa shape index (κ2) is 7.99. The van der Waals surface area contributed by atoms with Gasteiger partial charge < -0.3 is 4.74 Å². The Morgan fingerprint density at radius 2 is 2.04 bits per heavy atom. The van der Waals surface area contributed by atoms with E-state index in [9.17, 15) is 13.2 Å². The van der Waals surface area contributed by atoms with E-state index >= 15 is 0 Å². The predicted molar refractivity (Wildman–Crippen MR) is 101 cm³/mol. The number of nitrogens with zero attached hydrogens (tertiary/aromatic N) is 3. The number of rotatable bonds is 7. The number of aryl methyl sites for hydroxylation is 1. The van der Waals surface area contributed by atoms with E-state index in [1.54, 1.807) is 22.5 Å². The van der Waals surface area contributed by atoms with E-state index in [1.807, 2.05) is 25.1 Å². The van der Waals surface area contributed by atoms with E-state index in [-0.39, 0.29) is 16.3 Å². The molecule has 3 aromatic heterocycles. The van der Waals surface area contributed by atoms with E-state index in [0.717, 1.165) is 28.3 Å². The van der Waals surface area contributed by atoms with Crippen LogP contribution in [0.2, 0.25) is 0 Å². The molecule has 0 fully saturated rings. The molecule has 0 aliphatic rings. The predicted octanol–water partition coefficient (Wildman–Crippen LogP) is 2.08. The van der Waals surface area contributed by atoms with Gasteiger partial charge in [0.25, 0.3) is 0 Å². The lowest BCUT2D eigenvalue weighted by atomic mass is 10.2. The Kier molecular flexibility index (Phi) is 5.68. The summed E-state index contributed by atoms with van der Waals surface area (Å²) >= 11 is 1.03. The van der Waals surface area contributed by atoms with Gasteiger partial charge in [0, 0.05) is 30.2 Å². The van der Waals surface area contributed by atoms with Crippen LogP contribution in [0.1, 0.15) is 15.4 Å². The maximum Gasteiger partial charge on any atom is 0.349 e. The first-order chi connectivity index (χ1) is 12.9. The maximum absolute atomic E-state index is 12.5. The Hall–Kier alpha value is -2.56. The number of sulfonamides is 1. The zero-order chi connectivity index (χ0) is 19.4. The van der Waals surface area contributed by atoms with Crippen molar-refractivity contribution in [2.45, 2.75) is 18.4 Å². The molecule has 0 bridgehead atoms. The second-order valence-electron chi connectivity index (χ2n) is 5.63. The number of pyridine rings is 1. The van der Waals surface area contributed by atoms with Crippen LogP contribution in [0.4, 0.5) is 0 Å². The van der Waals surface area contributed by atoms with Gasteiger partial charge in [0.2, 0.25) is 10.0 Å². The molecule has 0 unspecified atom stereocenters. The summed E-state index contributed by atoms with van der Waals surface area (Å²) in [5.41, 5.74) is 2.64. The highest BCUT2D eigenvalue weighted by molar-refractivity contribution is 7.89. The van der Waals surface area contributed by atoms with Gasteiger partial charge in [-0.3, -0.25) is 9.67 Å². The van der Waals surface area contributed by atoms with Crippen LogP contribution in [0, 0.1) is 6.92 Å². The fraction of sp³-hybridized carbons (Fsp3) is 0.235. The molecule has 142 valence electrons. The van der Waals surface area contributed by atoms with Gasteiger partial charge in [-0.05, 0) is 36.6 Å². The summed E-state index contributed by atoms with van der Waals surface area (Å²) in [4.78, 5) is 15.7. The summed E-state index contributed by atoms with van der Waals surface area (Å²) in [5, 5.41) is 6.04. The van der Waals surface area contributed by atoms with Crippen molar-refractivity contribution in [2.75, 3.05) is 13.7 Å². The molecule has 0 saturated heterocycles. The highest BCUT2D eigenvalue weighted by atomic mass is 32.2. The fourth-order valence-electron chi connectivity index (χ4n) is 2.51. The number of aromatic nitrogens is 3. The third-order valence-corrected chi connectivity index (χ3v) is 6.39. The molecular formula is C17H18N4O4S2. The van der Waals surface area contributed by atoms with E-state index in [1.165, 1.54) is 13.2 Å². The molecule has 3 heterocycles. The first kappa shape index (κ1) is 19.2. The van der Waals surface area contributed by atoms with Gasteiger partial charge >= 0.3 is 5.97 Å². The molecule has 0 aliphatic carbocycles. The molecular weight excluding hydrogens is 388 g/mol. The molecule has 8 nitrogen and oxygen atoms in total. The molecule has 0 aromatic carbocycles. The van der Waals surface area contributed by atoms with Gasteiger partial charge in [-0.1, -0.05) is 0 Å². The number of thiophene rings is 1. The van der Waals surface area contributed by atoms with E-state index in [0.29, 0.717) is 6.54 Å². The van der Waals surface area contributed by atoms with E-state index < -0.39 is 16.0 Å². The van der Waals surface area contributed by atoms with Crippen molar-refractivity contribution in [2.24, 2.45) is 0 Å². The number of hydrogen-bond donors (Lipinski definition) is 1. The zero-order valence-corrected chi connectivity index (χ0v) is 16.4. The Bertz CT molecular complexity index is 1040. The van der Waals surface area contributed by atoms with Crippen molar-refractivity contribution in [3.63, 3.8) is 0 Å². The SMILES string of the molecule is COC(=O)c1sccc1S(=O)(=O)NCCn1nc(-c2ccncc2)cc1C.